The third kappa shape index (κ3) is 4.32. The fourth-order valence-corrected chi connectivity index (χ4v) is 2.51. The molecule has 0 aromatic carbocycles. The largest absolute Gasteiger partial charge is 0.406 e. The van der Waals surface area contributed by atoms with E-state index in [9.17, 15) is 18.0 Å². The molecular weight excluding hydrogens is 297 g/mol. The predicted octanol–water partition coefficient (Wildman–Crippen LogP) is 2.31. The SMILES string of the molecule is CCc1cc(NC2CCCN(CC(F)(F)F)C2=O)nc(C)n1. The molecule has 1 saturated heterocycles. The molecular formula is C14H19F3N4O. The summed E-state index contributed by atoms with van der Waals surface area (Å²) in [4.78, 5) is 21.5. The number of amides is 1. The van der Waals surface area contributed by atoms with Gasteiger partial charge in [0.05, 0.1) is 0 Å². The lowest BCUT2D eigenvalue weighted by molar-refractivity contribution is -0.163. The summed E-state index contributed by atoms with van der Waals surface area (Å²) in [6.07, 6.45) is -2.63. The van der Waals surface area contributed by atoms with Gasteiger partial charge in [0.2, 0.25) is 5.91 Å². The molecule has 0 aliphatic carbocycles. The van der Waals surface area contributed by atoms with E-state index in [1.54, 1.807) is 13.0 Å². The molecule has 5 nitrogen and oxygen atoms in total. The van der Waals surface area contributed by atoms with Crippen LogP contribution in [0.25, 0.3) is 0 Å². The Labute approximate surface area is 126 Å². The number of aromatic nitrogens is 2. The fourth-order valence-electron chi connectivity index (χ4n) is 2.51. The van der Waals surface area contributed by atoms with Gasteiger partial charge in [-0.05, 0) is 26.2 Å². The highest BCUT2D eigenvalue weighted by Gasteiger charge is 2.37. The minimum Gasteiger partial charge on any atom is -0.358 e. The monoisotopic (exact) mass is 316 g/mol. The molecule has 1 aromatic rings. The van der Waals surface area contributed by atoms with Crippen LogP contribution in [0.15, 0.2) is 6.07 Å². The van der Waals surface area contributed by atoms with Gasteiger partial charge in [-0.25, -0.2) is 9.97 Å². The van der Waals surface area contributed by atoms with Crippen LogP contribution in [-0.4, -0.2) is 46.1 Å². The number of nitrogens with one attached hydrogen (secondary N) is 1. The molecule has 0 bridgehead atoms. The highest BCUT2D eigenvalue weighted by atomic mass is 19.4. The number of piperidine rings is 1. The van der Waals surface area contributed by atoms with Crippen LogP contribution >= 0.6 is 0 Å². The zero-order valence-corrected chi connectivity index (χ0v) is 12.6. The summed E-state index contributed by atoms with van der Waals surface area (Å²) >= 11 is 0. The molecule has 0 radical (unpaired) electrons. The van der Waals surface area contributed by atoms with Crippen molar-refractivity contribution in [2.45, 2.75) is 45.3 Å². The Morgan fingerprint density at radius 1 is 1.41 bits per heavy atom. The summed E-state index contributed by atoms with van der Waals surface area (Å²) in [7, 11) is 0. The fraction of sp³-hybridized carbons (Fsp3) is 0.643. The van der Waals surface area contributed by atoms with E-state index >= 15 is 0 Å². The van der Waals surface area contributed by atoms with E-state index < -0.39 is 24.7 Å². The third-order valence-electron chi connectivity index (χ3n) is 3.48. The van der Waals surface area contributed by atoms with Crippen LogP contribution in [0.4, 0.5) is 19.0 Å². The van der Waals surface area contributed by atoms with E-state index in [1.165, 1.54) is 0 Å². The summed E-state index contributed by atoms with van der Waals surface area (Å²) in [6.45, 7) is 2.62. The molecule has 122 valence electrons. The Kier molecular flexibility index (Phi) is 4.87. The number of carbonyl (C=O) groups is 1. The van der Waals surface area contributed by atoms with Gasteiger partial charge >= 0.3 is 6.18 Å². The first-order chi connectivity index (χ1) is 10.3. The minimum absolute atomic E-state index is 0.138. The van der Waals surface area contributed by atoms with Crippen molar-refractivity contribution in [2.24, 2.45) is 0 Å². The van der Waals surface area contributed by atoms with Crippen LogP contribution in [0.2, 0.25) is 0 Å². The number of hydrogen-bond acceptors (Lipinski definition) is 4. The molecule has 2 rings (SSSR count). The van der Waals surface area contributed by atoms with E-state index in [4.69, 9.17) is 0 Å². The number of hydrogen-bond donors (Lipinski definition) is 1. The topological polar surface area (TPSA) is 58.1 Å². The van der Waals surface area contributed by atoms with Gasteiger partial charge in [-0.1, -0.05) is 6.92 Å². The average molecular weight is 316 g/mol. The van der Waals surface area contributed by atoms with E-state index in [-0.39, 0.29) is 6.54 Å². The molecule has 1 fully saturated rings. The molecule has 1 aromatic heterocycles. The summed E-state index contributed by atoms with van der Waals surface area (Å²) in [5.41, 5.74) is 0.824. The van der Waals surface area contributed by atoms with Crippen molar-refractivity contribution < 1.29 is 18.0 Å². The van der Waals surface area contributed by atoms with Gasteiger partial charge in [0, 0.05) is 18.3 Å². The second-order valence-corrected chi connectivity index (χ2v) is 5.36. The van der Waals surface area contributed by atoms with Crippen LogP contribution in [0.5, 0.6) is 0 Å². The van der Waals surface area contributed by atoms with Gasteiger partial charge in [-0.15, -0.1) is 0 Å². The van der Waals surface area contributed by atoms with Crippen molar-refractivity contribution >= 4 is 11.7 Å². The first-order valence-electron chi connectivity index (χ1n) is 7.25. The van der Waals surface area contributed by atoms with Crippen molar-refractivity contribution in [1.82, 2.24) is 14.9 Å². The third-order valence-corrected chi connectivity index (χ3v) is 3.48. The Morgan fingerprint density at radius 3 is 2.77 bits per heavy atom. The summed E-state index contributed by atoms with van der Waals surface area (Å²) in [5.74, 6) is 0.520. The lowest BCUT2D eigenvalue weighted by Gasteiger charge is -2.33. The lowest BCUT2D eigenvalue weighted by Crippen LogP contribution is -2.50. The van der Waals surface area contributed by atoms with Gasteiger partial charge in [-0.3, -0.25) is 4.79 Å². The average Bonchev–Trinajstić information content (AvgIpc) is 2.41. The molecule has 0 saturated carbocycles. The van der Waals surface area contributed by atoms with Crippen LogP contribution in [-0.2, 0) is 11.2 Å². The Morgan fingerprint density at radius 2 is 2.14 bits per heavy atom. The van der Waals surface area contributed by atoms with Crippen molar-refractivity contribution in [3.8, 4) is 0 Å². The summed E-state index contributed by atoms with van der Waals surface area (Å²) in [6, 6.07) is 1.05. The number of likely N-dealkylation sites (tertiary alicyclic amines) is 1. The highest BCUT2D eigenvalue weighted by molar-refractivity contribution is 5.85. The predicted molar refractivity (Wildman–Crippen MR) is 75.4 cm³/mol. The number of carbonyl (C=O) groups excluding carboxylic acids is 1. The molecule has 1 amide bonds. The van der Waals surface area contributed by atoms with Crippen LogP contribution in [0.1, 0.15) is 31.3 Å². The Hall–Kier alpha value is -1.86. The quantitative estimate of drug-likeness (QED) is 0.926. The maximum absolute atomic E-state index is 12.5. The number of aryl methyl sites for hydroxylation is 2. The Balaban J connectivity index is 2.09. The molecule has 2 heterocycles. The maximum atomic E-state index is 12.5. The first kappa shape index (κ1) is 16.5. The number of halogens is 3. The van der Waals surface area contributed by atoms with Gasteiger partial charge in [-0.2, -0.15) is 13.2 Å². The van der Waals surface area contributed by atoms with Crippen molar-refractivity contribution in [3.05, 3.63) is 17.6 Å². The molecule has 0 spiro atoms. The first-order valence-corrected chi connectivity index (χ1v) is 7.25. The number of nitrogens with zero attached hydrogens (tertiary/aromatic N) is 3. The Bertz CT molecular complexity index is 547. The molecule has 1 aliphatic rings. The van der Waals surface area contributed by atoms with Crippen molar-refractivity contribution in [2.75, 3.05) is 18.4 Å². The van der Waals surface area contributed by atoms with Crippen LogP contribution in [0.3, 0.4) is 0 Å². The van der Waals surface area contributed by atoms with Gasteiger partial charge < -0.3 is 10.2 Å². The van der Waals surface area contributed by atoms with E-state index in [0.29, 0.717) is 24.5 Å². The number of alkyl halides is 3. The smallest absolute Gasteiger partial charge is 0.358 e. The molecule has 1 aliphatic heterocycles. The van der Waals surface area contributed by atoms with E-state index in [1.807, 2.05) is 6.92 Å². The van der Waals surface area contributed by atoms with Gasteiger partial charge in [0.15, 0.2) is 0 Å². The van der Waals surface area contributed by atoms with Crippen LogP contribution in [0, 0.1) is 6.92 Å². The highest BCUT2D eigenvalue weighted by Crippen LogP contribution is 2.22. The maximum Gasteiger partial charge on any atom is 0.406 e. The zero-order valence-electron chi connectivity index (χ0n) is 12.6. The zero-order chi connectivity index (χ0) is 16.3. The standard InChI is InChI=1S/C14H19F3N4O/c1-3-10-7-12(19-9(2)18-10)20-11-5-4-6-21(13(11)22)8-14(15,16)17/h7,11H,3-6,8H2,1-2H3,(H,18,19,20). The molecule has 1 N–H and O–H groups in total. The van der Waals surface area contributed by atoms with E-state index in [0.717, 1.165) is 17.0 Å². The number of rotatable bonds is 4. The molecule has 22 heavy (non-hydrogen) atoms. The number of anilines is 1. The summed E-state index contributed by atoms with van der Waals surface area (Å²) < 4.78 is 37.5. The van der Waals surface area contributed by atoms with Gasteiger partial charge in [0.25, 0.3) is 0 Å². The second kappa shape index (κ2) is 6.50. The lowest BCUT2D eigenvalue weighted by atomic mass is 10.0. The normalized spacial score (nSPS) is 19.4. The minimum atomic E-state index is -4.38. The van der Waals surface area contributed by atoms with Crippen LogP contribution < -0.4 is 5.32 Å². The summed E-state index contributed by atoms with van der Waals surface area (Å²) in [5, 5.41) is 2.95. The van der Waals surface area contributed by atoms with Gasteiger partial charge in [0.1, 0.15) is 24.2 Å². The van der Waals surface area contributed by atoms with E-state index in [2.05, 4.69) is 15.3 Å². The van der Waals surface area contributed by atoms with Crippen molar-refractivity contribution in [3.63, 3.8) is 0 Å². The molecule has 1 unspecified atom stereocenters. The molecule has 8 heteroatoms. The van der Waals surface area contributed by atoms with Crippen molar-refractivity contribution in [1.29, 1.82) is 0 Å². The second-order valence-electron chi connectivity index (χ2n) is 5.36. The molecule has 1 atom stereocenters.